The highest BCUT2D eigenvalue weighted by molar-refractivity contribution is 5.78. The summed E-state index contributed by atoms with van der Waals surface area (Å²) in [5.41, 5.74) is 0. The van der Waals surface area contributed by atoms with Crippen molar-refractivity contribution in [2.45, 2.75) is 52.0 Å². The van der Waals surface area contributed by atoms with E-state index in [1.165, 1.54) is 32.1 Å². The predicted octanol–water partition coefficient (Wildman–Crippen LogP) is 1.73. The van der Waals surface area contributed by atoms with Gasteiger partial charge < -0.3 is 10.0 Å². The molecule has 0 bridgehead atoms. The van der Waals surface area contributed by atoms with Crippen LogP contribution in [-0.2, 0) is 4.79 Å². The van der Waals surface area contributed by atoms with Crippen LogP contribution in [0.2, 0.25) is 0 Å². The summed E-state index contributed by atoms with van der Waals surface area (Å²) in [5.74, 6) is 1.48. The van der Waals surface area contributed by atoms with Crippen LogP contribution < -0.4 is 0 Å². The van der Waals surface area contributed by atoms with E-state index < -0.39 is 0 Å². The molecule has 4 nitrogen and oxygen atoms in total. The van der Waals surface area contributed by atoms with Gasteiger partial charge in [0.15, 0.2) is 0 Å². The number of carbonyl (C=O) groups is 1. The van der Waals surface area contributed by atoms with Gasteiger partial charge in [0.1, 0.15) is 0 Å². The van der Waals surface area contributed by atoms with Gasteiger partial charge in [-0.1, -0.05) is 26.7 Å². The lowest BCUT2D eigenvalue weighted by atomic mass is 9.92. The Balaban J connectivity index is 1.89. The quantitative estimate of drug-likeness (QED) is 0.835. The molecule has 0 radical (unpaired) electrons. The van der Waals surface area contributed by atoms with Crippen LogP contribution in [0.1, 0.15) is 46.0 Å². The third-order valence-electron chi connectivity index (χ3n) is 4.79. The second-order valence-electron chi connectivity index (χ2n) is 6.88. The average molecular weight is 282 g/mol. The molecule has 2 atom stereocenters. The molecule has 1 heterocycles. The van der Waals surface area contributed by atoms with Crippen LogP contribution in [0.25, 0.3) is 0 Å². The summed E-state index contributed by atoms with van der Waals surface area (Å²) in [5, 5.41) is 9.24. The molecule has 1 saturated carbocycles. The highest BCUT2D eigenvalue weighted by atomic mass is 16.3. The molecule has 4 heteroatoms. The highest BCUT2D eigenvalue weighted by Gasteiger charge is 2.29. The minimum atomic E-state index is 0.149. The van der Waals surface area contributed by atoms with Crippen molar-refractivity contribution in [3.63, 3.8) is 0 Å². The Bertz CT molecular complexity index is 306. The number of aliphatic hydroxyl groups excluding tert-OH is 1. The van der Waals surface area contributed by atoms with Crippen LogP contribution >= 0.6 is 0 Å². The number of aliphatic hydroxyl groups is 1. The van der Waals surface area contributed by atoms with Gasteiger partial charge in [-0.05, 0) is 31.1 Å². The number of carbonyl (C=O) groups excluding carboxylic acids is 1. The Morgan fingerprint density at radius 1 is 1.20 bits per heavy atom. The second kappa shape index (κ2) is 7.41. The normalized spacial score (nSPS) is 28.3. The summed E-state index contributed by atoms with van der Waals surface area (Å²) in [7, 11) is 0. The molecule has 0 spiro atoms. The van der Waals surface area contributed by atoms with Crippen LogP contribution in [0.15, 0.2) is 0 Å². The fourth-order valence-corrected chi connectivity index (χ4v) is 3.93. The number of amides is 1. The third-order valence-corrected chi connectivity index (χ3v) is 4.79. The molecule has 2 aliphatic rings. The SMILES string of the molecule is CC1CC(C)CN(C(=O)CN(CCO)C2CCCC2)C1. The topological polar surface area (TPSA) is 43.8 Å². The van der Waals surface area contributed by atoms with E-state index in [2.05, 4.69) is 18.7 Å². The number of piperidine rings is 1. The highest BCUT2D eigenvalue weighted by Crippen LogP contribution is 2.24. The molecule has 0 aromatic rings. The van der Waals surface area contributed by atoms with Crippen LogP contribution in [0, 0.1) is 11.8 Å². The van der Waals surface area contributed by atoms with Crippen molar-refractivity contribution in [3.8, 4) is 0 Å². The summed E-state index contributed by atoms with van der Waals surface area (Å²) in [6.07, 6.45) is 6.12. The molecule has 1 saturated heterocycles. The molecule has 1 amide bonds. The summed E-state index contributed by atoms with van der Waals surface area (Å²) >= 11 is 0. The molecule has 2 rings (SSSR count). The van der Waals surface area contributed by atoms with Crippen molar-refractivity contribution in [2.24, 2.45) is 11.8 Å². The van der Waals surface area contributed by atoms with Crippen LogP contribution in [0.4, 0.5) is 0 Å². The van der Waals surface area contributed by atoms with Crippen molar-refractivity contribution < 1.29 is 9.90 Å². The van der Waals surface area contributed by atoms with E-state index in [0.29, 0.717) is 31.0 Å². The molecule has 2 fully saturated rings. The Kier molecular flexibility index (Phi) is 5.85. The standard InChI is InChI=1S/C16H30N2O2/c1-13-9-14(2)11-18(10-13)16(20)12-17(7-8-19)15-5-3-4-6-15/h13-15,19H,3-12H2,1-2H3. The Hall–Kier alpha value is -0.610. The molecule has 0 aromatic carbocycles. The zero-order valence-corrected chi connectivity index (χ0v) is 13.1. The van der Waals surface area contributed by atoms with Crippen LogP contribution in [0.3, 0.4) is 0 Å². The van der Waals surface area contributed by atoms with Gasteiger partial charge in [0.2, 0.25) is 5.91 Å². The first-order valence-corrected chi connectivity index (χ1v) is 8.22. The lowest BCUT2D eigenvalue weighted by Crippen LogP contribution is -2.49. The molecule has 1 N–H and O–H groups in total. The van der Waals surface area contributed by atoms with Crippen molar-refractivity contribution in [1.29, 1.82) is 0 Å². The maximum Gasteiger partial charge on any atom is 0.236 e. The largest absolute Gasteiger partial charge is 0.395 e. The Morgan fingerprint density at radius 3 is 2.35 bits per heavy atom. The first-order valence-electron chi connectivity index (χ1n) is 8.22. The van der Waals surface area contributed by atoms with Crippen LogP contribution in [-0.4, -0.2) is 59.6 Å². The monoisotopic (exact) mass is 282 g/mol. The first kappa shape index (κ1) is 15.8. The van der Waals surface area contributed by atoms with E-state index in [4.69, 9.17) is 0 Å². The Morgan fingerprint density at radius 2 is 1.80 bits per heavy atom. The summed E-state index contributed by atoms with van der Waals surface area (Å²) in [6.45, 7) is 7.55. The van der Waals surface area contributed by atoms with Gasteiger partial charge >= 0.3 is 0 Å². The molecular formula is C16H30N2O2. The molecule has 1 aliphatic heterocycles. The zero-order valence-electron chi connectivity index (χ0n) is 13.1. The van der Waals surface area contributed by atoms with E-state index in [9.17, 15) is 9.90 Å². The van der Waals surface area contributed by atoms with E-state index in [0.717, 1.165) is 13.1 Å². The molecule has 20 heavy (non-hydrogen) atoms. The fourth-order valence-electron chi connectivity index (χ4n) is 3.93. The van der Waals surface area contributed by atoms with Crippen molar-refractivity contribution in [3.05, 3.63) is 0 Å². The number of rotatable bonds is 5. The summed E-state index contributed by atoms with van der Waals surface area (Å²) < 4.78 is 0. The average Bonchev–Trinajstić information content (AvgIpc) is 2.90. The molecule has 116 valence electrons. The number of nitrogens with zero attached hydrogens (tertiary/aromatic N) is 2. The smallest absolute Gasteiger partial charge is 0.236 e. The maximum absolute atomic E-state index is 12.5. The zero-order chi connectivity index (χ0) is 14.5. The van der Waals surface area contributed by atoms with E-state index >= 15 is 0 Å². The lowest BCUT2D eigenvalue weighted by molar-refractivity contribution is -0.135. The molecule has 2 unspecified atom stereocenters. The summed E-state index contributed by atoms with van der Waals surface area (Å²) in [6, 6.07) is 0.505. The van der Waals surface area contributed by atoms with Gasteiger partial charge in [0.05, 0.1) is 13.2 Å². The van der Waals surface area contributed by atoms with Gasteiger partial charge in [-0.25, -0.2) is 0 Å². The van der Waals surface area contributed by atoms with E-state index in [1.807, 2.05) is 4.90 Å². The van der Waals surface area contributed by atoms with Gasteiger partial charge in [0, 0.05) is 25.7 Å². The van der Waals surface area contributed by atoms with E-state index in [1.54, 1.807) is 0 Å². The minimum absolute atomic E-state index is 0.149. The van der Waals surface area contributed by atoms with E-state index in [-0.39, 0.29) is 12.5 Å². The van der Waals surface area contributed by atoms with Gasteiger partial charge in [-0.2, -0.15) is 0 Å². The maximum atomic E-state index is 12.5. The van der Waals surface area contributed by atoms with Gasteiger partial charge in [0.25, 0.3) is 0 Å². The second-order valence-corrected chi connectivity index (χ2v) is 6.88. The number of hydrogen-bond donors (Lipinski definition) is 1. The number of likely N-dealkylation sites (tertiary alicyclic amines) is 1. The van der Waals surface area contributed by atoms with Crippen molar-refractivity contribution >= 4 is 5.91 Å². The molecular weight excluding hydrogens is 252 g/mol. The lowest BCUT2D eigenvalue weighted by Gasteiger charge is -2.37. The number of hydrogen-bond acceptors (Lipinski definition) is 3. The predicted molar refractivity (Wildman–Crippen MR) is 80.4 cm³/mol. The van der Waals surface area contributed by atoms with Crippen LogP contribution in [0.5, 0.6) is 0 Å². The van der Waals surface area contributed by atoms with Gasteiger partial charge in [-0.15, -0.1) is 0 Å². The molecule has 0 aromatic heterocycles. The third kappa shape index (κ3) is 4.19. The van der Waals surface area contributed by atoms with Crippen molar-refractivity contribution in [1.82, 2.24) is 9.80 Å². The summed E-state index contributed by atoms with van der Waals surface area (Å²) in [4.78, 5) is 16.8. The first-order chi connectivity index (χ1) is 9.60. The van der Waals surface area contributed by atoms with Gasteiger partial charge in [-0.3, -0.25) is 9.69 Å². The fraction of sp³-hybridized carbons (Fsp3) is 0.938. The minimum Gasteiger partial charge on any atom is -0.395 e. The van der Waals surface area contributed by atoms with Crippen molar-refractivity contribution in [2.75, 3.05) is 32.8 Å². The molecule has 1 aliphatic carbocycles. The Labute approximate surface area is 123 Å².